The molecule has 0 spiro atoms. The molecular weight excluding hydrogens is 979 g/mol. The summed E-state index contributed by atoms with van der Waals surface area (Å²) in [5, 5.41) is 22.8. The summed E-state index contributed by atoms with van der Waals surface area (Å²) in [6.45, 7) is 9.04. The lowest BCUT2D eigenvalue weighted by atomic mass is 9.97. The van der Waals surface area contributed by atoms with E-state index < -0.39 is 89.6 Å². The average Bonchev–Trinajstić information content (AvgIpc) is 3.77. The van der Waals surface area contributed by atoms with Gasteiger partial charge >= 0.3 is 0 Å². The van der Waals surface area contributed by atoms with Gasteiger partial charge in [0.1, 0.15) is 36.3 Å². The molecule has 0 bridgehead atoms. The van der Waals surface area contributed by atoms with Crippen LogP contribution in [0.1, 0.15) is 87.0 Å². The van der Waals surface area contributed by atoms with Crippen LogP contribution in [-0.2, 0) is 51.2 Å². The number of H-pyrrole nitrogens is 1. The Morgan fingerprint density at radius 1 is 0.737 bits per heavy atom. The SMILES string of the molecule is C=C(N)[C@@H]1CCCNC(=O)CC[C@H](NC(=O)[C@H](CCCN=C(N)N)NC(C)=O)C(=O)N[C@@H](CCN)C(=O)N[C@H](Cc2ccc(C)cc2C)C(=O)N[C@@H](CCCN=C(N)N)C(=O)N[C@@H](Cc2c[nH]c3ccccc23)C(=O)N1. The van der Waals surface area contributed by atoms with E-state index in [4.69, 9.17) is 34.4 Å². The maximum absolute atomic E-state index is 14.8. The molecule has 8 amide bonds. The molecule has 0 radical (unpaired) electrons. The standard InChI is InChI=1S/C51H77N17O8/c1-28-15-16-32(29(2)24-28)25-41-49(76)64-38(14-9-23-60-51(56)57)45(72)68-42(26-33-27-61-36-11-6-5-10-34(33)36)48(75)63-35(30(3)53)12-7-21-58-43(70)18-17-39(46(73)66-40(19-20-52)47(74)67-41)65-44(71)37(62-31(4)69)13-8-22-59-50(54)55/h5-6,10-11,15-16,24,27,35,37-42,61H,3,7-9,12-14,17-23,25-26,52-53H2,1-2,4H3,(H,58,70)(H,62,69)(H,63,75)(H,64,76)(H,65,71)(H,66,73)(H,67,74)(H,68,72)(H4,54,55,59)(H4,56,57,60)/t35-,37-,38-,39-,40-,41+,42-/m0/s1. The van der Waals surface area contributed by atoms with Gasteiger partial charge in [-0.25, -0.2) is 0 Å². The van der Waals surface area contributed by atoms with E-state index in [0.29, 0.717) is 11.1 Å². The molecule has 76 heavy (non-hydrogen) atoms. The molecule has 25 heteroatoms. The van der Waals surface area contributed by atoms with E-state index in [9.17, 15) is 38.4 Å². The van der Waals surface area contributed by atoms with Gasteiger partial charge in [-0.2, -0.15) is 0 Å². The second-order valence-corrected chi connectivity index (χ2v) is 18.9. The minimum atomic E-state index is -1.44. The number of aryl methyl sites for hydroxylation is 2. The molecule has 2 aromatic carbocycles. The molecule has 0 aliphatic carbocycles. The molecule has 2 heterocycles. The third-order valence-electron chi connectivity index (χ3n) is 12.6. The average molecular weight is 1060 g/mol. The van der Waals surface area contributed by atoms with Crippen molar-refractivity contribution in [3.05, 3.63) is 83.2 Å². The van der Waals surface area contributed by atoms with Crippen LogP contribution in [0.2, 0.25) is 0 Å². The van der Waals surface area contributed by atoms with Crippen LogP contribution in [0.3, 0.4) is 0 Å². The molecule has 0 unspecified atom stereocenters. The normalized spacial score (nSPS) is 21.0. The smallest absolute Gasteiger partial charge is 0.243 e. The van der Waals surface area contributed by atoms with Crippen LogP contribution >= 0.6 is 0 Å². The molecule has 1 aromatic heterocycles. The van der Waals surface area contributed by atoms with Gasteiger partial charge in [0.25, 0.3) is 0 Å². The summed E-state index contributed by atoms with van der Waals surface area (Å²) in [5.74, 6) is -6.00. The molecule has 414 valence electrons. The summed E-state index contributed by atoms with van der Waals surface area (Å²) >= 11 is 0. The van der Waals surface area contributed by atoms with Crippen molar-refractivity contribution in [2.75, 3.05) is 26.2 Å². The minimum Gasteiger partial charge on any atom is -0.401 e. The lowest BCUT2D eigenvalue weighted by molar-refractivity contribution is -0.135. The van der Waals surface area contributed by atoms with Crippen molar-refractivity contribution in [2.24, 2.45) is 44.4 Å². The highest BCUT2D eigenvalue weighted by Crippen LogP contribution is 2.20. The largest absolute Gasteiger partial charge is 0.401 e. The van der Waals surface area contributed by atoms with Crippen molar-refractivity contribution in [3.63, 3.8) is 0 Å². The highest BCUT2D eigenvalue weighted by Gasteiger charge is 2.34. The van der Waals surface area contributed by atoms with Gasteiger partial charge < -0.3 is 81.9 Å². The Labute approximate surface area is 442 Å². The predicted molar refractivity (Wildman–Crippen MR) is 289 cm³/mol. The summed E-state index contributed by atoms with van der Waals surface area (Å²) in [7, 11) is 0. The van der Waals surface area contributed by atoms with Crippen LogP contribution < -0.4 is 76.9 Å². The van der Waals surface area contributed by atoms with E-state index in [1.54, 1.807) is 6.20 Å². The van der Waals surface area contributed by atoms with Gasteiger partial charge in [-0.1, -0.05) is 48.5 Å². The zero-order valence-electron chi connectivity index (χ0n) is 43.6. The minimum absolute atomic E-state index is 0.00445. The second kappa shape index (κ2) is 30.2. The van der Waals surface area contributed by atoms with Crippen molar-refractivity contribution in [3.8, 4) is 0 Å². The van der Waals surface area contributed by atoms with Gasteiger partial charge in [-0.05, 0) is 94.5 Å². The van der Waals surface area contributed by atoms with Gasteiger partial charge in [0.05, 0.1) is 6.04 Å². The molecule has 21 N–H and O–H groups in total. The summed E-state index contributed by atoms with van der Waals surface area (Å²) in [6.07, 6.45) is 1.98. The fourth-order valence-electron chi connectivity index (χ4n) is 8.61. The third kappa shape index (κ3) is 19.9. The number of nitrogens with one attached hydrogen (secondary N) is 9. The van der Waals surface area contributed by atoms with Crippen molar-refractivity contribution < 1.29 is 38.4 Å². The molecule has 1 aliphatic heterocycles. The van der Waals surface area contributed by atoms with E-state index in [-0.39, 0.29) is 114 Å². The first kappa shape index (κ1) is 60.3. The van der Waals surface area contributed by atoms with E-state index >= 15 is 0 Å². The van der Waals surface area contributed by atoms with E-state index in [2.05, 4.69) is 64.1 Å². The lowest BCUT2D eigenvalue weighted by Gasteiger charge is -2.28. The van der Waals surface area contributed by atoms with E-state index in [1.165, 1.54) is 6.92 Å². The Kier molecular flexibility index (Phi) is 24.0. The first-order chi connectivity index (χ1) is 36.1. The molecule has 1 fully saturated rings. The van der Waals surface area contributed by atoms with Gasteiger partial charge in [-0.15, -0.1) is 0 Å². The monoisotopic (exact) mass is 1060 g/mol. The van der Waals surface area contributed by atoms with Gasteiger partial charge in [0.15, 0.2) is 11.9 Å². The number of amides is 8. The lowest BCUT2D eigenvalue weighted by Crippen LogP contribution is -2.60. The molecular formula is C51H77N17O8. The van der Waals surface area contributed by atoms with Crippen molar-refractivity contribution in [2.45, 2.75) is 134 Å². The van der Waals surface area contributed by atoms with Crippen molar-refractivity contribution >= 4 is 70.1 Å². The van der Waals surface area contributed by atoms with Crippen LogP contribution in [-0.4, -0.2) is 133 Å². The van der Waals surface area contributed by atoms with Crippen LogP contribution in [0.5, 0.6) is 0 Å². The summed E-state index contributed by atoms with van der Waals surface area (Å²) < 4.78 is 0. The Morgan fingerprint density at radius 3 is 1.96 bits per heavy atom. The molecule has 7 atom stereocenters. The van der Waals surface area contributed by atoms with Crippen LogP contribution in [0.15, 0.2) is 70.9 Å². The summed E-state index contributed by atoms with van der Waals surface area (Å²) in [5.41, 5.74) is 38.4. The molecule has 0 saturated carbocycles. The Bertz CT molecular complexity index is 2590. The van der Waals surface area contributed by atoms with E-state index in [0.717, 1.165) is 22.0 Å². The van der Waals surface area contributed by atoms with Crippen LogP contribution in [0, 0.1) is 13.8 Å². The number of carbonyl (C=O) groups excluding carboxylic acids is 8. The first-order valence-corrected chi connectivity index (χ1v) is 25.4. The molecule has 3 aromatic rings. The maximum Gasteiger partial charge on any atom is 0.243 e. The number of guanidine groups is 2. The number of rotatable bonds is 18. The first-order valence-electron chi connectivity index (χ1n) is 25.4. The Balaban J connectivity index is 1.79. The van der Waals surface area contributed by atoms with E-state index in [1.807, 2.05) is 56.3 Å². The Morgan fingerprint density at radius 2 is 1.33 bits per heavy atom. The Hall–Kier alpha value is -8.22. The zero-order chi connectivity index (χ0) is 55.9. The van der Waals surface area contributed by atoms with Gasteiger partial charge in [0.2, 0.25) is 47.3 Å². The fraction of sp³-hybridized carbons (Fsp3) is 0.490. The predicted octanol–water partition coefficient (Wildman–Crippen LogP) is -2.40. The number of hydrogen-bond acceptors (Lipinski definition) is 12. The van der Waals surface area contributed by atoms with Gasteiger partial charge in [-0.3, -0.25) is 48.3 Å². The highest BCUT2D eigenvalue weighted by atomic mass is 16.2. The fourth-order valence-corrected chi connectivity index (χ4v) is 8.61. The number of nitrogens with two attached hydrogens (primary N) is 6. The number of aromatic amines is 1. The third-order valence-corrected chi connectivity index (χ3v) is 12.6. The number of aromatic nitrogens is 1. The highest BCUT2D eigenvalue weighted by molar-refractivity contribution is 5.98. The number of benzene rings is 2. The zero-order valence-corrected chi connectivity index (χ0v) is 43.6. The number of para-hydroxylation sites is 1. The molecule has 25 nitrogen and oxygen atoms in total. The summed E-state index contributed by atoms with van der Waals surface area (Å²) in [4.78, 5) is 123. The quantitative estimate of drug-likeness (QED) is 0.0359. The van der Waals surface area contributed by atoms with Crippen LogP contribution in [0.25, 0.3) is 10.9 Å². The van der Waals surface area contributed by atoms with Crippen molar-refractivity contribution in [1.29, 1.82) is 0 Å². The second-order valence-electron chi connectivity index (χ2n) is 18.9. The van der Waals surface area contributed by atoms with Crippen molar-refractivity contribution in [1.82, 2.24) is 47.5 Å². The molecule has 1 aliphatic rings. The number of fused-ring (bicyclic) bond motifs is 1. The number of hydrogen-bond donors (Lipinski definition) is 15. The summed E-state index contributed by atoms with van der Waals surface area (Å²) in [6, 6.07) is 4.28. The number of nitrogens with zero attached hydrogens (tertiary/aromatic N) is 2. The maximum atomic E-state index is 14.8. The molecule has 4 rings (SSSR count). The topological polar surface area (TPSA) is 429 Å². The number of carbonyl (C=O) groups is 8. The van der Waals surface area contributed by atoms with Crippen LogP contribution in [0.4, 0.5) is 0 Å². The van der Waals surface area contributed by atoms with Gasteiger partial charge in [0, 0.05) is 68.6 Å². The number of aliphatic imine (C=N–C) groups is 2. The molecule has 1 saturated heterocycles.